The molecule has 0 radical (unpaired) electrons. The summed E-state index contributed by atoms with van der Waals surface area (Å²) in [7, 11) is 0. The van der Waals surface area contributed by atoms with Gasteiger partial charge in [0.1, 0.15) is 11.5 Å². The number of carbonyl (C=O) groups is 2. The lowest BCUT2D eigenvalue weighted by atomic mass is 10.2. The molecule has 8 heteroatoms. The van der Waals surface area contributed by atoms with Gasteiger partial charge in [0.15, 0.2) is 0 Å². The Bertz CT molecular complexity index is 1140. The number of benzene rings is 2. The average molecular weight is 556 g/mol. The van der Waals surface area contributed by atoms with Crippen molar-refractivity contribution in [3.8, 4) is 11.3 Å². The Kier molecular flexibility index (Phi) is 6.06. The highest BCUT2D eigenvalue weighted by molar-refractivity contribution is 14.1. The minimum atomic E-state index is -0.336. The van der Waals surface area contributed by atoms with Crippen molar-refractivity contribution in [2.75, 3.05) is 0 Å². The fourth-order valence-corrected chi connectivity index (χ4v) is 4.38. The zero-order valence-corrected chi connectivity index (χ0v) is 19.2. The third-order valence-corrected chi connectivity index (χ3v) is 6.69. The van der Waals surface area contributed by atoms with Gasteiger partial charge in [-0.2, -0.15) is 0 Å². The maximum atomic E-state index is 12.7. The molecule has 0 atom stereocenters. The third-order valence-electron chi connectivity index (χ3n) is 4.24. The van der Waals surface area contributed by atoms with E-state index in [-0.39, 0.29) is 17.7 Å². The second-order valence-corrected chi connectivity index (χ2v) is 9.22. The summed E-state index contributed by atoms with van der Waals surface area (Å²) in [5.74, 6) is 0.648. The molecule has 1 fully saturated rings. The second kappa shape index (κ2) is 8.55. The number of hydrogen-bond acceptors (Lipinski definition) is 4. The highest BCUT2D eigenvalue weighted by atomic mass is 127. The van der Waals surface area contributed by atoms with E-state index in [9.17, 15) is 9.59 Å². The van der Waals surface area contributed by atoms with Crippen molar-refractivity contribution in [3.05, 3.63) is 84.4 Å². The van der Waals surface area contributed by atoms with Crippen LogP contribution in [0.4, 0.5) is 4.79 Å². The van der Waals surface area contributed by atoms with Crippen LogP contribution in [0.5, 0.6) is 0 Å². The van der Waals surface area contributed by atoms with E-state index in [2.05, 4.69) is 22.6 Å². The first-order chi connectivity index (χ1) is 13.9. The van der Waals surface area contributed by atoms with Crippen LogP contribution < -0.4 is 0 Å². The maximum absolute atomic E-state index is 12.7. The van der Waals surface area contributed by atoms with Gasteiger partial charge in [0.05, 0.1) is 21.5 Å². The lowest BCUT2D eigenvalue weighted by Crippen LogP contribution is -2.27. The number of thioether (sulfide) groups is 1. The molecule has 4 nitrogen and oxygen atoms in total. The lowest BCUT2D eigenvalue weighted by Gasteiger charge is -2.12. The molecule has 1 aromatic heterocycles. The number of amides is 2. The second-order valence-electron chi connectivity index (χ2n) is 6.20. The van der Waals surface area contributed by atoms with Crippen LogP contribution in [0.2, 0.25) is 10.0 Å². The zero-order chi connectivity index (χ0) is 20.5. The van der Waals surface area contributed by atoms with E-state index in [4.69, 9.17) is 27.6 Å². The molecule has 1 aliphatic heterocycles. The minimum absolute atomic E-state index is 0.237. The number of imide groups is 1. The topological polar surface area (TPSA) is 50.5 Å². The molecule has 0 saturated carbocycles. The predicted octanol–water partition coefficient (Wildman–Crippen LogP) is 7.09. The van der Waals surface area contributed by atoms with E-state index in [1.54, 1.807) is 36.4 Å². The van der Waals surface area contributed by atoms with Crippen LogP contribution in [0.3, 0.4) is 0 Å². The summed E-state index contributed by atoms with van der Waals surface area (Å²) in [5.41, 5.74) is 1.55. The van der Waals surface area contributed by atoms with Crippen molar-refractivity contribution in [2.45, 2.75) is 6.54 Å². The number of hydrogen-bond donors (Lipinski definition) is 0. The molecule has 146 valence electrons. The number of furan rings is 1. The van der Waals surface area contributed by atoms with Crippen LogP contribution in [0.25, 0.3) is 17.4 Å². The molecule has 3 aromatic rings. The first-order valence-corrected chi connectivity index (χ1v) is 11.1. The molecule has 2 heterocycles. The Labute approximate surface area is 195 Å². The molecule has 1 saturated heterocycles. The van der Waals surface area contributed by atoms with Crippen LogP contribution >= 0.6 is 57.6 Å². The van der Waals surface area contributed by atoms with Gasteiger partial charge in [-0.1, -0.05) is 41.4 Å². The van der Waals surface area contributed by atoms with Gasteiger partial charge in [0.25, 0.3) is 11.1 Å². The smallest absolute Gasteiger partial charge is 0.293 e. The monoisotopic (exact) mass is 555 g/mol. The van der Waals surface area contributed by atoms with Crippen molar-refractivity contribution < 1.29 is 14.0 Å². The highest BCUT2D eigenvalue weighted by Crippen LogP contribution is 2.37. The molecule has 2 aromatic carbocycles. The van der Waals surface area contributed by atoms with Gasteiger partial charge in [-0.15, -0.1) is 0 Å². The standard InChI is InChI=1S/C21H12Cl2INO3S/c22-16-3-1-2-15(19(16)23)17-9-8-14(28-17)10-18-20(26)25(21(27)29-18)11-12-4-6-13(24)7-5-12/h1-10H,11H2/b18-10+. The molecular weight excluding hydrogens is 544 g/mol. The normalized spacial score (nSPS) is 15.6. The summed E-state index contributed by atoms with van der Waals surface area (Å²) >= 11 is 15.4. The van der Waals surface area contributed by atoms with Crippen LogP contribution in [-0.4, -0.2) is 16.0 Å². The van der Waals surface area contributed by atoms with E-state index in [0.717, 1.165) is 20.9 Å². The summed E-state index contributed by atoms with van der Waals surface area (Å²) in [6, 6.07) is 16.4. The summed E-state index contributed by atoms with van der Waals surface area (Å²) in [5, 5.41) is 0.524. The van der Waals surface area contributed by atoms with Crippen LogP contribution in [0.1, 0.15) is 11.3 Å². The Balaban J connectivity index is 1.55. The fraction of sp³-hybridized carbons (Fsp3) is 0.0476. The molecule has 0 unspecified atom stereocenters. The average Bonchev–Trinajstić information content (AvgIpc) is 3.26. The number of halogens is 3. The fourth-order valence-electron chi connectivity index (χ4n) is 2.81. The molecule has 4 rings (SSSR count). The van der Waals surface area contributed by atoms with E-state index in [0.29, 0.717) is 32.0 Å². The molecule has 0 bridgehead atoms. The van der Waals surface area contributed by atoms with Crippen molar-refractivity contribution >= 4 is 74.8 Å². The van der Waals surface area contributed by atoms with Gasteiger partial charge in [-0.25, -0.2) is 0 Å². The van der Waals surface area contributed by atoms with Crippen molar-refractivity contribution in [1.82, 2.24) is 4.90 Å². The summed E-state index contributed by atoms with van der Waals surface area (Å²) < 4.78 is 6.89. The SMILES string of the molecule is O=C1S/C(=C/c2ccc(-c3cccc(Cl)c3Cl)o2)C(=O)N1Cc1ccc(I)cc1. The number of rotatable bonds is 4. The summed E-state index contributed by atoms with van der Waals surface area (Å²) in [4.78, 5) is 26.6. The van der Waals surface area contributed by atoms with E-state index >= 15 is 0 Å². The van der Waals surface area contributed by atoms with E-state index in [1.807, 2.05) is 24.3 Å². The number of nitrogens with zero attached hydrogens (tertiary/aromatic N) is 1. The lowest BCUT2D eigenvalue weighted by molar-refractivity contribution is -0.123. The molecule has 0 aliphatic carbocycles. The van der Waals surface area contributed by atoms with Crippen molar-refractivity contribution in [3.63, 3.8) is 0 Å². The molecular formula is C21H12Cl2INO3S. The third kappa shape index (κ3) is 4.40. The van der Waals surface area contributed by atoms with Gasteiger partial charge < -0.3 is 4.42 Å². The van der Waals surface area contributed by atoms with Gasteiger partial charge in [-0.05, 0) is 76.3 Å². The van der Waals surface area contributed by atoms with Crippen LogP contribution in [0.15, 0.2) is 63.9 Å². The van der Waals surface area contributed by atoms with Gasteiger partial charge in [0, 0.05) is 15.2 Å². The quantitative estimate of drug-likeness (QED) is 0.254. The summed E-state index contributed by atoms with van der Waals surface area (Å²) in [6.45, 7) is 0.237. The van der Waals surface area contributed by atoms with Crippen LogP contribution in [-0.2, 0) is 11.3 Å². The van der Waals surface area contributed by atoms with Gasteiger partial charge in [0.2, 0.25) is 0 Å². The molecule has 29 heavy (non-hydrogen) atoms. The Hall–Kier alpha value is -1.74. The molecule has 2 amide bonds. The first-order valence-electron chi connectivity index (χ1n) is 8.46. The summed E-state index contributed by atoms with van der Waals surface area (Å²) in [6.07, 6.45) is 1.57. The maximum Gasteiger partial charge on any atom is 0.293 e. The van der Waals surface area contributed by atoms with Gasteiger partial charge in [-0.3, -0.25) is 14.5 Å². The molecule has 0 spiro atoms. The predicted molar refractivity (Wildman–Crippen MR) is 125 cm³/mol. The minimum Gasteiger partial charge on any atom is -0.457 e. The van der Waals surface area contributed by atoms with Crippen LogP contribution in [0, 0.1) is 3.57 Å². The highest BCUT2D eigenvalue weighted by Gasteiger charge is 2.35. The van der Waals surface area contributed by atoms with E-state index < -0.39 is 0 Å². The molecule has 1 aliphatic rings. The van der Waals surface area contributed by atoms with Crippen molar-refractivity contribution in [2.24, 2.45) is 0 Å². The Morgan fingerprint density at radius 2 is 1.79 bits per heavy atom. The first kappa shape index (κ1) is 20.5. The van der Waals surface area contributed by atoms with Gasteiger partial charge >= 0.3 is 0 Å². The Morgan fingerprint density at radius 1 is 1.03 bits per heavy atom. The largest absolute Gasteiger partial charge is 0.457 e. The number of carbonyl (C=O) groups excluding carboxylic acids is 2. The zero-order valence-electron chi connectivity index (χ0n) is 14.7. The van der Waals surface area contributed by atoms with E-state index in [1.165, 1.54) is 4.90 Å². The Morgan fingerprint density at radius 3 is 2.55 bits per heavy atom. The molecule has 0 N–H and O–H groups in total. The van der Waals surface area contributed by atoms with Crippen molar-refractivity contribution in [1.29, 1.82) is 0 Å².